The van der Waals surface area contributed by atoms with Crippen LogP contribution in [0, 0.1) is 13.8 Å². The zero-order chi connectivity index (χ0) is 14.8. The van der Waals surface area contributed by atoms with E-state index in [9.17, 15) is 0 Å². The van der Waals surface area contributed by atoms with Crippen molar-refractivity contribution in [2.45, 2.75) is 45.8 Å². The largest absolute Gasteiger partial charge is 0.489 e. The molecule has 1 aliphatic rings. The minimum atomic E-state index is 0.166. The number of hydrogen-bond donors (Lipinski definition) is 1. The first-order chi connectivity index (χ1) is 10.1. The molecule has 0 saturated carbocycles. The Kier molecular flexibility index (Phi) is 3.98. The van der Waals surface area contributed by atoms with Gasteiger partial charge >= 0.3 is 0 Å². The van der Waals surface area contributed by atoms with Crippen molar-refractivity contribution in [2.24, 2.45) is 5.73 Å². The lowest BCUT2D eigenvalue weighted by Gasteiger charge is -2.22. The number of nitrogens with two attached hydrogens (primary N) is 1. The second-order valence-electron chi connectivity index (χ2n) is 6.07. The summed E-state index contributed by atoms with van der Waals surface area (Å²) in [5.41, 5.74) is 12.7. The van der Waals surface area contributed by atoms with Gasteiger partial charge in [0.15, 0.2) is 0 Å². The van der Waals surface area contributed by atoms with Gasteiger partial charge in [-0.2, -0.15) is 0 Å². The van der Waals surface area contributed by atoms with Crippen LogP contribution in [0.4, 0.5) is 0 Å². The minimum absolute atomic E-state index is 0.166. The SMILES string of the molecule is Cc1ccc(COc2ccc3c(c2)[C@@H](N)CCC3)cc1C. The molecular weight excluding hydrogens is 258 g/mol. The van der Waals surface area contributed by atoms with Gasteiger partial charge in [0.2, 0.25) is 0 Å². The summed E-state index contributed by atoms with van der Waals surface area (Å²) in [7, 11) is 0. The zero-order valence-electron chi connectivity index (χ0n) is 12.9. The molecule has 0 radical (unpaired) electrons. The van der Waals surface area contributed by atoms with Crippen molar-refractivity contribution in [1.29, 1.82) is 0 Å². The highest BCUT2D eigenvalue weighted by molar-refractivity contribution is 5.39. The van der Waals surface area contributed by atoms with Gasteiger partial charge in [-0.25, -0.2) is 0 Å². The Hall–Kier alpha value is -1.80. The molecule has 0 aromatic heterocycles. The summed E-state index contributed by atoms with van der Waals surface area (Å²) in [6.45, 7) is 4.87. The average molecular weight is 281 g/mol. The number of ether oxygens (including phenoxy) is 1. The van der Waals surface area contributed by atoms with Crippen molar-refractivity contribution in [3.8, 4) is 5.75 Å². The third-order valence-corrected chi connectivity index (χ3v) is 4.45. The molecule has 110 valence electrons. The van der Waals surface area contributed by atoms with Crippen LogP contribution in [0.15, 0.2) is 36.4 Å². The van der Waals surface area contributed by atoms with E-state index in [4.69, 9.17) is 10.5 Å². The molecule has 2 aromatic carbocycles. The number of hydrogen-bond acceptors (Lipinski definition) is 2. The minimum Gasteiger partial charge on any atom is -0.489 e. The summed E-state index contributed by atoms with van der Waals surface area (Å²) < 4.78 is 5.95. The number of fused-ring (bicyclic) bond motifs is 1. The van der Waals surface area contributed by atoms with Gasteiger partial charge in [0, 0.05) is 6.04 Å². The summed E-state index contributed by atoms with van der Waals surface area (Å²) in [4.78, 5) is 0. The van der Waals surface area contributed by atoms with E-state index < -0.39 is 0 Å². The van der Waals surface area contributed by atoms with Gasteiger partial charge in [-0.15, -0.1) is 0 Å². The summed E-state index contributed by atoms with van der Waals surface area (Å²) in [5.74, 6) is 0.921. The summed E-state index contributed by atoms with van der Waals surface area (Å²) in [5, 5.41) is 0. The molecule has 0 heterocycles. The first-order valence-electron chi connectivity index (χ1n) is 7.71. The van der Waals surface area contributed by atoms with Crippen molar-refractivity contribution in [2.75, 3.05) is 0 Å². The molecule has 1 atom stereocenters. The fraction of sp³-hybridized carbons (Fsp3) is 0.368. The molecule has 2 nitrogen and oxygen atoms in total. The monoisotopic (exact) mass is 281 g/mol. The lowest BCUT2D eigenvalue weighted by molar-refractivity contribution is 0.305. The van der Waals surface area contributed by atoms with Gasteiger partial charge < -0.3 is 10.5 Å². The number of rotatable bonds is 3. The maximum absolute atomic E-state index is 6.20. The van der Waals surface area contributed by atoms with Crippen molar-refractivity contribution in [3.05, 3.63) is 64.2 Å². The molecule has 0 aliphatic heterocycles. The molecule has 0 amide bonds. The maximum Gasteiger partial charge on any atom is 0.120 e. The first-order valence-corrected chi connectivity index (χ1v) is 7.71. The molecule has 0 saturated heterocycles. The molecule has 2 heteroatoms. The van der Waals surface area contributed by atoms with E-state index in [0.29, 0.717) is 6.61 Å². The van der Waals surface area contributed by atoms with Crippen LogP contribution in [-0.2, 0) is 13.0 Å². The van der Waals surface area contributed by atoms with Gasteiger partial charge in [0.05, 0.1) is 0 Å². The van der Waals surface area contributed by atoms with E-state index in [2.05, 4.69) is 50.2 Å². The van der Waals surface area contributed by atoms with Crippen LogP contribution in [0.3, 0.4) is 0 Å². The van der Waals surface area contributed by atoms with Crippen LogP contribution in [0.2, 0.25) is 0 Å². The van der Waals surface area contributed by atoms with E-state index >= 15 is 0 Å². The van der Waals surface area contributed by atoms with E-state index in [1.165, 1.54) is 34.2 Å². The zero-order valence-corrected chi connectivity index (χ0v) is 12.9. The van der Waals surface area contributed by atoms with E-state index in [1.807, 2.05) is 0 Å². The van der Waals surface area contributed by atoms with Gasteiger partial charge in [0.1, 0.15) is 12.4 Å². The highest BCUT2D eigenvalue weighted by atomic mass is 16.5. The van der Waals surface area contributed by atoms with Crippen LogP contribution in [0.5, 0.6) is 5.75 Å². The molecule has 2 N–H and O–H groups in total. The summed E-state index contributed by atoms with van der Waals surface area (Å²) >= 11 is 0. The molecule has 21 heavy (non-hydrogen) atoms. The smallest absolute Gasteiger partial charge is 0.120 e. The summed E-state index contributed by atoms with van der Waals surface area (Å²) in [6.07, 6.45) is 3.41. The predicted octanol–water partition coefficient (Wildman–Crippen LogP) is 4.22. The second kappa shape index (κ2) is 5.90. The Balaban J connectivity index is 1.73. The standard InChI is InChI=1S/C19H23NO/c1-13-6-7-15(10-14(13)2)12-21-17-9-8-16-4-3-5-19(20)18(16)11-17/h6-11,19H,3-5,12,20H2,1-2H3/t19-/m0/s1. The Morgan fingerprint density at radius 3 is 2.76 bits per heavy atom. The molecule has 1 aliphatic carbocycles. The number of benzene rings is 2. The van der Waals surface area contributed by atoms with Gasteiger partial charge in [0.25, 0.3) is 0 Å². The van der Waals surface area contributed by atoms with Crippen molar-refractivity contribution in [3.63, 3.8) is 0 Å². The van der Waals surface area contributed by atoms with Gasteiger partial charge in [-0.1, -0.05) is 24.3 Å². The topological polar surface area (TPSA) is 35.2 Å². The van der Waals surface area contributed by atoms with Crippen LogP contribution in [0.1, 0.15) is 46.7 Å². The molecule has 2 aromatic rings. The van der Waals surface area contributed by atoms with E-state index in [-0.39, 0.29) is 6.04 Å². The maximum atomic E-state index is 6.20. The van der Waals surface area contributed by atoms with Crippen LogP contribution >= 0.6 is 0 Å². The third-order valence-electron chi connectivity index (χ3n) is 4.45. The Labute approximate surface area is 126 Å². The van der Waals surface area contributed by atoms with Crippen molar-refractivity contribution >= 4 is 0 Å². The highest BCUT2D eigenvalue weighted by Crippen LogP contribution is 2.31. The van der Waals surface area contributed by atoms with Gasteiger partial charge in [-0.3, -0.25) is 0 Å². The third kappa shape index (κ3) is 3.11. The Morgan fingerprint density at radius 1 is 1.10 bits per heavy atom. The Bertz CT molecular complexity index is 648. The van der Waals surface area contributed by atoms with Crippen molar-refractivity contribution < 1.29 is 4.74 Å². The molecule has 0 bridgehead atoms. The quantitative estimate of drug-likeness (QED) is 0.914. The fourth-order valence-electron chi connectivity index (χ4n) is 2.96. The lowest BCUT2D eigenvalue weighted by Crippen LogP contribution is -2.17. The highest BCUT2D eigenvalue weighted by Gasteiger charge is 2.17. The molecule has 0 fully saturated rings. The molecule has 3 rings (SSSR count). The van der Waals surface area contributed by atoms with Gasteiger partial charge in [-0.05, 0) is 73.1 Å². The van der Waals surface area contributed by atoms with Crippen molar-refractivity contribution in [1.82, 2.24) is 0 Å². The average Bonchev–Trinajstić information content (AvgIpc) is 2.49. The van der Waals surface area contributed by atoms with E-state index in [1.54, 1.807) is 0 Å². The summed E-state index contributed by atoms with van der Waals surface area (Å²) in [6, 6.07) is 13.0. The lowest BCUT2D eigenvalue weighted by atomic mass is 9.88. The molecule has 0 spiro atoms. The Morgan fingerprint density at radius 2 is 1.95 bits per heavy atom. The number of aryl methyl sites for hydroxylation is 3. The van der Waals surface area contributed by atoms with Crippen LogP contribution < -0.4 is 10.5 Å². The predicted molar refractivity (Wildman–Crippen MR) is 86.6 cm³/mol. The normalized spacial score (nSPS) is 17.4. The van der Waals surface area contributed by atoms with Crippen LogP contribution in [-0.4, -0.2) is 0 Å². The molecular formula is C19H23NO. The fourth-order valence-corrected chi connectivity index (χ4v) is 2.96. The van der Waals surface area contributed by atoms with Crippen LogP contribution in [0.25, 0.3) is 0 Å². The molecule has 0 unspecified atom stereocenters. The van der Waals surface area contributed by atoms with E-state index in [0.717, 1.165) is 18.6 Å². The second-order valence-corrected chi connectivity index (χ2v) is 6.07. The first kappa shape index (κ1) is 14.2.